The maximum Gasteiger partial charge on any atom is 0.223 e. The van der Waals surface area contributed by atoms with Crippen LogP contribution in [0, 0.1) is 5.92 Å². The second-order valence-electron chi connectivity index (χ2n) is 7.87. The van der Waals surface area contributed by atoms with Crippen LogP contribution in [-0.2, 0) is 20.0 Å². The van der Waals surface area contributed by atoms with Crippen LogP contribution >= 0.6 is 0 Å². The lowest BCUT2D eigenvalue weighted by Crippen LogP contribution is -2.41. The normalized spacial score (nSPS) is 19.0. The van der Waals surface area contributed by atoms with E-state index in [1.165, 1.54) is 0 Å². The highest BCUT2D eigenvalue weighted by Crippen LogP contribution is 2.24. The van der Waals surface area contributed by atoms with Gasteiger partial charge in [0.2, 0.25) is 5.91 Å². The molecular weight excluding hydrogens is 338 g/mol. The van der Waals surface area contributed by atoms with Crippen LogP contribution in [0.25, 0.3) is 0 Å². The van der Waals surface area contributed by atoms with E-state index in [-0.39, 0.29) is 40.9 Å². The Labute approximate surface area is 151 Å². The number of hydrogen-bond acceptors (Lipinski definition) is 4. The van der Waals surface area contributed by atoms with Crippen molar-refractivity contribution >= 4 is 15.7 Å². The van der Waals surface area contributed by atoms with Crippen LogP contribution in [0.4, 0.5) is 0 Å². The molecule has 0 radical (unpaired) electrons. The Bertz CT molecular complexity index is 689. The highest BCUT2D eigenvalue weighted by Gasteiger charge is 2.25. The van der Waals surface area contributed by atoms with Crippen molar-refractivity contribution in [2.75, 3.05) is 25.4 Å². The number of carbonyl (C=O) groups is 1. The van der Waals surface area contributed by atoms with E-state index in [9.17, 15) is 18.3 Å². The molecule has 1 aromatic carbocycles. The van der Waals surface area contributed by atoms with Crippen molar-refractivity contribution in [1.29, 1.82) is 0 Å². The first kappa shape index (κ1) is 19.9. The van der Waals surface area contributed by atoms with Crippen LogP contribution < -0.4 is 0 Å². The monoisotopic (exact) mass is 367 g/mol. The lowest BCUT2D eigenvalue weighted by molar-refractivity contribution is -0.132. The van der Waals surface area contributed by atoms with Crippen LogP contribution in [0.2, 0.25) is 0 Å². The number of rotatable bonds is 5. The van der Waals surface area contributed by atoms with Crippen LogP contribution in [0.3, 0.4) is 0 Å². The average Bonchev–Trinajstić information content (AvgIpc) is 2.59. The number of sulfone groups is 1. The quantitative estimate of drug-likeness (QED) is 0.867. The molecule has 0 saturated carbocycles. The van der Waals surface area contributed by atoms with Crippen LogP contribution in [0.5, 0.6) is 0 Å². The molecule has 1 atom stereocenters. The van der Waals surface area contributed by atoms with Crippen molar-refractivity contribution < 1.29 is 18.3 Å². The molecule has 0 aliphatic carbocycles. The van der Waals surface area contributed by atoms with Gasteiger partial charge in [-0.25, -0.2) is 8.42 Å². The summed E-state index contributed by atoms with van der Waals surface area (Å²) in [5.41, 5.74) is 1.04. The molecule has 1 fully saturated rings. The van der Waals surface area contributed by atoms with E-state index in [1.54, 1.807) is 17.0 Å². The van der Waals surface area contributed by atoms with Gasteiger partial charge >= 0.3 is 0 Å². The third kappa shape index (κ3) is 5.28. The fourth-order valence-corrected chi connectivity index (χ4v) is 4.33. The first-order valence-corrected chi connectivity index (χ1v) is 10.5. The molecule has 1 saturated heterocycles. The summed E-state index contributed by atoms with van der Waals surface area (Å²) in [6.45, 7) is 7.47. The summed E-state index contributed by atoms with van der Waals surface area (Å²) in [6.07, 6.45) is 1.76. The molecule has 0 spiro atoms. The largest absolute Gasteiger partial charge is 0.396 e. The summed E-state index contributed by atoms with van der Waals surface area (Å²) in [5.74, 6) is -0.214. The molecule has 1 amide bonds. The van der Waals surface area contributed by atoms with E-state index >= 15 is 0 Å². The third-order valence-electron chi connectivity index (χ3n) is 4.79. The number of aliphatic hydroxyl groups excluding tert-OH is 1. The van der Waals surface area contributed by atoms with E-state index in [0.717, 1.165) is 18.4 Å². The minimum Gasteiger partial charge on any atom is -0.396 e. The Morgan fingerprint density at radius 3 is 2.44 bits per heavy atom. The second-order valence-corrected chi connectivity index (χ2v) is 9.98. The summed E-state index contributed by atoms with van der Waals surface area (Å²) in [4.78, 5) is 14.3. The number of aliphatic hydroxyl groups is 1. The van der Waals surface area contributed by atoms with Gasteiger partial charge in [-0.1, -0.05) is 32.9 Å². The van der Waals surface area contributed by atoms with Crippen molar-refractivity contribution in [3.05, 3.63) is 29.8 Å². The highest BCUT2D eigenvalue weighted by molar-refractivity contribution is 7.91. The van der Waals surface area contributed by atoms with Gasteiger partial charge in [0.1, 0.15) is 0 Å². The molecule has 1 N–H and O–H groups in total. The second kappa shape index (κ2) is 7.87. The van der Waals surface area contributed by atoms with Crippen LogP contribution in [-0.4, -0.2) is 49.8 Å². The van der Waals surface area contributed by atoms with E-state index < -0.39 is 9.84 Å². The highest BCUT2D eigenvalue weighted by atomic mass is 32.2. The van der Waals surface area contributed by atoms with Gasteiger partial charge in [0, 0.05) is 26.1 Å². The Kier molecular flexibility index (Phi) is 6.27. The first-order valence-electron chi connectivity index (χ1n) is 8.85. The summed E-state index contributed by atoms with van der Waals surface area (Å²) >= 11 is 0. The van der Waals surface area contributed by atoms with Gasteiger partial charge in [-0.05, 0) is 41.9 Å². The molecule has 1 unspecified atom stereocenters. The minimum atomic E-state index is -3.47. The summed E-state index contributed by atoms with van der Waals surface area (Å²) in [5, 5.41) is 9.24. The summed E-state index contributed by atoms with van der Waals surface area (Å²) in [7, 11) is -3.47. The number of piperidine rings is 1. The topological polar surface area (TPSA) is 74.7 Å². The van der Waals surface area contributed by atoms with Gasteiger partial charge in [-0.15, -0.1) is 0 Å². The fourth-order valence-electron chi connectivity index (χ4n) is 3.10. The van der Waals surface area contributed by atoms with Crippen molar-refractivity contribution in [3.8, 4) is 0 Å². The number of hydrogen-bond donors (Lipinski definition) is 1. The molecule has 1 aliphatic heterocycles. The van der Waals surface area contributed by atoms with Crippen molar-refractivity contribution in [2.24, 2.45) is 5.92 Å². The number of nitrogens with zero attached hydrogens (tertiary/aromatic N) is 1. The first-order chi connectivity index (χ1) is 11.6. The van der Waals surface area contributed by atoms with Gasteiger partial charge in [0.25, 0.3) is 0 Å². The average molecular weight is 368 g/mol. The molecule has 1 aromatic rings. The molecule has 1 aliphatic rings. The molecule has 5 nitrogen and oxygen atoms in total. The Morgan fingerprint density at radius 2 is 1.88 bits per heavy atom. The summed E-state index contributed by atoms with van der Waals surface area (Å²) in [6, 6.07) is 6.93. The maximum absolute atomic E-state index is 12.5. The maximum atomic E-state index is 12.5. The Hall–Kier alpha value is -1.40. The van der Waals surface area contributed by atoms with Gasteiger partial charge in [0.15, 0.2) is 9.84 Å². The molecular formula is C19H29NO4S. The molecule has 6 heteroatoms. The van der Waals surface area contributed by atoms with Crippen LogP contribution in [0.1, 0.15) is 45.6 Å². The minimum absolute atomic E-state index is 0.0124. The number of carbonyl (C=O) groups excluding carboxylic acids is 1. The molecule has 140 valence electrons. The lowest BCUT2D eigenvalue weighted by atomic mass is 9.87. The van der Waals surface area contributed by atoms with Gasteiger partial charge < -0.3 is 10.0 Å². The van der Waals surface area contributed by atoms with Crippen molar-refractivity contribution in [3.63, 3.8) is 0 Å². The molecule has 2 rings (SSSR count). The van der Waals surface area contributed by atoms with Crippen molar-refractivity contribution in [2.45, 2.75) is 50.3 Å². The number of likely N-dealkylation sites (tertiary alicyclic amines) is 1. The Morgan fingerprint density at radius 1 is 1.24 bits per heavy atom. The van der Waals surface area contributed by atoms with Crippen molar-refractivity contribution in [1.82, 2.24) is 4.90 Å². The SMILES string of the molecule is CC(C)(C)c1ccc(S(=O)(=O)CCC(=O)N2CCCC(CO)C2)cc1. The predicted octanol–water partition coefficient (Wildman–Crippen LogP) is 2.38. The van der Waals surface area contributed by atoms with Gasteiger partial charge in [-0.3, -0.25) is 4.79 Å². The number of amides is 1. The zero-order valence-electron chi connectivity index (χ0n) is 15.4. The van der Waals surface area contributed by atoms with E-state index in [2.05, 4.69) is 20.8 Å². The molecule has 0 bridgehead atoms. The third-order valence-corrected chi connectivity index (χ3v) is 6.53. The predicted molar refractivity (Wildman–Crippen MR) is 98.2 cm³/mol. The van der Waals surface area contributed by atoms with Gasteiger partial charge in [0.05, 0.1) is 10.6 Å². The van der Waals surface area contributed by atoms with E-state index in [1.807, 2.05) is 12.1 Å². The van der Waals surface area contributed by atoms with E-state index in [4.69, 9.17) is 0 Å². The smallest absolute Gasteiger partial charge is 0.223 e. The lowest BCUT2D eigenvalue weighted by Gasteiger charge is -2.31. The number of benzene rings is 1. The standard InChI is InChI=1S/C19H29NO4S/c1-19(2,3)16-6-8-17(9-7-16)25(23,24)12-10-18(22)20-11-4-5-15(13-20)14-21/h6-9,15,21H,4-5,10-14H2,1-3H3. The zero-order chi connectivity index (χ0) is 18.7. The van der Waals surface area contributed by atoms with E-state index in [0.29, 0.717) is 13.1 Å². The molecule has 25 heavy (non-hydrogen) atoms. The Balaban J connectivity index is 1.98. The van der Waals surface area contributed by atoms with Gasteiger partial charge in [-0.2, -0.15) is 0 Å². The summed E-state index contributed by atoms with van der Waals surface area (Å²) < 4.78 is 25.0. The zero-order valence-corrected chi connectivity index (χ0v) is 16.2. The molecule has 0 aromatic heterocycles. The fraction of sp³-hybridized carbons (Fsp3) is 0.632. The van der Waals surface area contributed by atoms with Crippen LogP contribution in [0.15, 0.2) is 29.2 Å². The molecule has 1 heterocycles.